The molecule has 4 rings (SSSR count). The Morgan fingerprint density at radius 3 is 2.76 bits per heavy atom. The molecule has 4 aromatic rings. The number of fused-ring (bicyclic) bond motifs is 1. The van der Waals surface area contributed by atoms with Crippen LogP contribution >= 0.6 is 0 Å². The van der Waals surface area contributed by atoms with Gasteiger partial charge in [-0.25, -0.2) is 9.97 Å². The summed E-state index contributed by atoms with van der Waals surface area (Å²) in [6, 6.07) is 17.7. The van der Waals surface area contributed by atoms with Gasteiger partial charge in [-0.15, -0.1) is 0 Å². The first kappa shape index (κ1) is 15.4. The number of nitrogens with zero attached hydrogens (tertiary/aromatic N) is 2. The minimum absolute atomic E-state index is 0.392. The van der Waals surface area contributed by atoms with E-state index in [2.05, 4.69) is 16.0 Å². The molecule has 0 fully saturated rings. The highest BCUT2D eigenvalue weighted by atomic mass is 16.5. The zero-order valence-electron chi connectivity index (χ0n) is 13.8. The van der Waals surface area contributed by atoms with E-state index in [1.165, 1.54) is 0 Å². The molecule has 124 valence electrons. The van der Waals surface area contributed by atoms with Crippen molar-refractivity contribution < 1.29 is 9.15 Å². The van der Waals surface area contributed by atoms with Crippen LogP contribution in [0.5, 0.6) is 0 Å². The second kappa shape index (κ2) is 6.37. The van der Waals surface area contributed by atoms with Crippen LogP contribution in [0.3, 0.4) is 0 Å². The maximum Gasteiger partial charge on any atom is 0.231 e. The van der Waals surface area contributed by atoms with E-state index >= 15 is 0 Å². The van der Waals surface area contributed by atoms with E-state index < -0.39 is 0 Å². The molecule has 0 unspecified atom stereocenters. The number of nitrogens with two attached hydrogens (primary N) is 1. The predicted octanol–water partition coefficient (Wildman–Crippen LogP) is 4.29. The van der Waals surface area contributed by atoms with Crippen LogP contribution in [0.1, 0.15) is 5.56 Å². The summed E-state index contributed by atoms with van der Waals surface area (Å²) in [6.45, 7) is 0.564. The first-order valence-corrected chi connectivity index (χ1v) is 7.94. The number of aromatic nitrogens is 2. The molecule has 5 nitrogen and oxygen atoms in total. The molecule has 0 aliphatic heterocycles. The Balaban J connectivity index is 1.79. The van der Waals surface area contributed by atoms with Gasteiger partial charge in [-0.1, -0.05) is 30.3 Å². The third-order valence-electron chi connectivity index (χ3n) is 4.01. The highest BCUT2D eigenvalue weighted by Gasteiger charge is 2.13. The summed E-state index contributed by atoms with van der Waals surface area (Å²) in [5.74, 6) is 0.865. The quantitative estimate of drug-likeness (QED) is 0.604. The highest BCUT2D eigenvalue weighted by Crippen LogP contribution is 2.31. The van der Waals surface area contributed by atoms with E-state index in [-0.39, 0.29) is 0 Å². The van der Waals surface area contributed by atoms with Gasteiger partial charge in [0.05, 0.1) is 12.2 Å². The zero-order chi connectivity index (χ0) is 17.2. The third-order valence-corrected chi connectivity index (χ3v) is 4.01. The summed E-state index contributed by atoms with van der Waals surface area (Å²) in [4.78, 5) is 8.84. The Morgan fingerprint density at radius 2 is 1.92 bits per heavy atom. The predicted molar refractivity (Wildman–Crippen MR) is 97.8 cm³/mol. The Hall–Kier alpha value is -3.18. The van der Waals surface area contributed by atoms with Gasteiger partial charge < -0.3 is 14.9 Å². The minimum atomic E-state index is 0.392. The molecule has 0 radical (unpaired) electrons. The number of pyridine rings is 1. The number of nitrogen functional groups attached to an aromatic ring is 1. The van der Waals surface area contributed by atoms with E-state index in [9.17, 15) is 0 Å². The summed E-state index contributed by atoms with van der Waals surface area (Å²) in [5, 5.41) is 0. The second-order valence-corrected chi connectivity index (χ2v) is 5.78. The van der Waals surface area contributed by atoms with Gasteiger partial charge in [0.15, 0.2) is 5.58 Å². The smallest absolute Gasteiger partial charge is 0.231 e. The van der Waals surface area contributed by atoms with Crippen molar-refractivity contribution in [3.05, 3.63) is 66.4 Å². The van der Waals surface area contributed by atoms with Crippen LogP contribution in [-0.4, -0.2) is 17.1 Å². The Labute approximate surface area is 145 Å². The maximum absolute atomic E-state index is 6.07. The van der Waals surface area contributed by atoms with Gasteiger partial charge in [-0.2, -0.15) is 0 Å². The summed E-state index contributed by atoms with van der Waals surface area (Å²) in [6.07, 6.45) is 1.76. The van der Waals surface area contributed by atoms with E-state index in [1.54, 1.807) is 13.3 Å². The average molecular weight is 331 g/mol. The summed E-state index contributed by atoms with van der Waals surface area (Å²) < 4.78 is 11.0. The fraction of sp³-hybridized carbons (Fsp3) is 0.100. The summed E-state index contributed by atoms with van der Waals surface area (Å²) in [5.41, 5.74) is 11.4. The number of ether oxygens (including phenoxy) is 1. The van der Waals surface area contributed by atoms with Crippen molar-refractivity contribution >= 4 is 16.9 Å². The van der Waals surface area contributed by atoms with Crippen molar-refractivity contribution in [1.82, 2.24) is 9.97 Å². The Bertz CT molecular complexity index is 1010. The standard InChI is InChI=1S/C20H17N3O2/c1-24-12-13-5-4-6-14(9-13)15-10-16(19(21)22-11-15)20-23-17-7-2-3-8-18(17)25-20/h2-11H,12H2,1H3,(H2,21,22). The molecule has 0 saturated carbocycles. The van der Waals surface area contributed by atoms with Gasteiger partial charge >= 0.3 is 0 Å². The van der Waals surface area contributed by atoms with Gasteiger partial charge in [0.2, 0.25) is 5.89 Å². The number of rotatable bonds is 4. The van der Waals surface area contributed by atoms with E-state index in [0.29, 0.717) is 23.9 Å². The fourth-order valence-corrected chi connectivity index (χ4v) is 2.80. The SMILES string of the molecule is COCc1cccc(-c2cnc(N)c(-c3nc4ccccc4o3)c2)c1. The van der Waals surface area contributed by atoms with Crippen molar-refractivity contribution in [2.45, 2.75) is 6.61 Å². The average Bonchev–Trinajstić information content (AvgIpc) is 3.06. The number of methoxy groups -OCH3 is 1. The lowest BCUT2D eigenvalue weighted by molar-refractivity contribution is 0.185. The van der Waals surface area contributed by atoms with Crippen LogP contribution in [0.2, 0.25) is 0 Å². The van der Waals surface area contributed by atoms with Gasteiger partial charge in [-0.05, 0) is 35.4 Å². The van der Waals surface area contributed by atoms with E-state index in [1.807, 2.05) is 48.5 Å². The number of hydrogen-bond acceptors (Lipinski definition) is 5. The molecule has 2 N–H and O–H groups in total. The summed E-state index contributed by atoms with van der Waals surface area (Å²) >= 11 is 0. The number of hydrogen-bond donors (Lipinski definition) is 1. The van der Waals surface area contributed by atoms with Crippen LogP contribution < -0.4 is 5.73 Å². The lowest BCUT2D eigenvalue weighted by Gasteiger charge is -2.07. The number of anilines is 1. The Kier molecular flexibility index (Phi) is 3.91. The molecule has 0 spiro atoms. The molecule has 0 atom stereocenters. The van der Waals surface area contributed by atoms with Crippen molar-refractivity contribution in [3.63, 3.8) is 0 Å². The topological polar surface area (TPSA) is 74.2 Å². The van der Waals surface area contributed by atoms with Gasteiger partial charge in [0, 0.05) is 18.9 Å². The van der Waals surface area contributed by atoms with Crippen LogP contribution in [-0.2, 0) is 11.3 Å². The highest BCUT2D eigenvalue weighted by molar-refractivity contribution is 5.80. The molecule has 2 heterocycles. The zero-order valence-corrected chi connectivity index (χ0v) is 13.8. The molecule has 25 heavy (non-hydrogen) atoms. The monoisotopic (exact) mass is 331 g/mol. The fourth-order valence-electron chi connectivity index (χ4n) is 2.80. The number of para-hydroxylation sites is 2. The van der Waals surface area contributed by atoms with Gasteiger partial charge in [0.1, 0.15) is 11.3 Å². The van der Waals surface area contributed by atoms with Crippen molar-refractivity contribution in [1.29, 1.82) is 0 Å². The number of benzene rings is 2. The first-order chi connectivity index (χ1) is 12.2. The molecule has 2 aromatic carbocycles. The molecule has 0 amide bonds. The molecule has 2 aromatic heterocycles. The van der Waals surface area contributed by atoms with Crippen molar-refractivity contribution in [2.75, 3.05) is 12.8 Å². The first-order valence-electron chi connectivity index (χ1n) is 7.94. The maximum atomic E-state index is 6.07. The lowest BCUT2D eigenvalue weighted by atomic mass is 10.0. The van der Waals surface area contributed by atoms with Crippen LogP contribution in [0, 0.1) is 0 Å². The molecule has 0 aliphatic carbocycles. The van der Waals surface area contributed by atoms with Gasteiger partial charge in [-0.3, -0.25) is 0 Å². The third kappa shape index (κ3) is 2.97. The molecule has 0 bridgehead atoms. The van der Waals surface area contributed by atoms with Crippen LogP contribution in [0.4, 0.5) is 5.82 Å². The Morgan fingerprint density at radius 1 is 1.04 bits per heavy atom. The molecule has 0 saturated heterocycles. The molecule has 0 aliphatic rings. The lowest BCUT2D eigenvalue weighted by Crippen LogP contribution is -1.95. The van der Waals surface area contributed by atoms with E-state index in [4.69, 9.17) is 14.9 Å². The normalized spacial score (nSPS) is 11.1. The van der Waals surface area contributed by atoms with Crippen molar-refractivity contribution in [3.8, 4) is 22.6 Å². The van der Waals surface area contributed by atoms with E-state index in [0.717, 1.165) is 27.8 Å². The van der Waals surface area contributed by atoms with Gasteiger partial charge in [0.25, 0.3) is 0 Å². The summed E-state index contributed by atoms with van der Waals surface area (Å²) in [7, 11) is 1.68. The van der Waals surface area contributed by atoms with Crippen molar-refractivity contribution in [2.24, 2.45) is 0 Å². The van der Waals surface area contributed by atoms with Crippen LogP contribution in [0.15, 0.2) is 65.2 Å². The second-order valence-electron chi connectivity index (χ2n) is 5.78. The molecular formula is C20H17N3O2. The molecular weight excluding hydrogens is 314 g/mol. The number of oxazole rings is 1. The largest absolute Gasteiger partial charge is 0.436 e. The van der Waals surface area contributed by atoms with Crippen LogP contribution in [0.25, 0.3) is 33.7 Å². The molecule has 5 heteroatoms. The minimum Gasteiger partial charge on any atom is -0.436 e.